The van der Waals surface area contributed by atoms with E-state index in [-0.39, 0.29) is 32.0 Å². The molecule has 0 atom stereocenters. The number of aromatic carboxylic acids is 1. The summed E-state index contributed by atoms with van der Waals surface area (Å²) in [7, 11) is 0. The summed E-state index contributed by atoms with van der Waals surface area (Å²) in [5, 5.41) is 9.27. The van der Waals surface area contributed by atoms with Gasteiger partial charge in [0.2, 0.25) is 12.2 Å². The molecule has 9 heteroatoms. The molecule has 0 aromatic heterocycles. The molecule has 0 unspecified atom stereocenters. The fourth-order valence-corrected chi connectivity index (χ4v) is 2.94. The van der Waals surface area contributed by atoms with Crippen LogP contribution in [0.1, 0.15) is 15.9 Å². The van der Waals surface area contributed by atoms with Gasteiger partial charge in [-0.05, 0) is 30.2 Å². The van der Waals surface area contributed by atoms with Crippen molar-refractivity contribution in [1.29, 1.82) is 0 Å². The normalized spacial score (nSPS) is 9.92. The van der Waals surface area contributed by atoms with Crippen molar-refractivity contribution in [3.05, 3.63) is 44.4 Å². The van der Waals surface area contributed by atoms with E-state index in [4.69, 9.17) is 34.8 Å². The van der Waals surface area contributed by atoms with Gasteiger partial charge < -0.3 is 5.11 Å². The maximum atomic E-state index is 11.3. The Morgan fingerprint density at radius 2 is 1.60 bits per heavy atom. The molecule has 0 spiro atoms. The second-order valence-corrected chi connectivity index (χ2v) is 5.89. The van der Waals surface area contributed by atoms with E-state index in [1.54, 1.807) is 6.92 Å². The van der Waals surface area contributed by atoms with Crippen molar-refractivity contribution in [3.63, 3.8) is 0 Å². The number of hydrogen-bond donors (Lipinski definition) is 1. The molecule has 2 aromatic rings. The topological polar surface area (TPSA) is 96.2 Å². The fourth-order valence-electron chi connectivity index (χ4n) is 2.30. The molecular formula is C16H7Cl3N2O4. The van der Waals surface area contributed by atoms with E-state index in [0.29, 0.717) is 16.7 Å². The molecule has 0 saturated heterocycles. The summed E-state index contributed by atoms with van der Waals surface area (Å²) in [5.74, 6) is -1.26. The Kier molecular flexibility index (Phi) is 5.75. The van der Waals surface area contributed by atoms with Crippen LogP contribution < -0.4 is 0 Å². The molecule has 2 rings (SSSR count). The largest absolute Gasteiger partial charge is 0.478 e. The van der Waals surface area contributed by atoms with Crippen molar-refractivity contribution in [2.75, 3.05) is 0 Å². The summed E-state index contributed by atoms with van der Waals surface area (Å²) < 4.78 is 0. The van der Waals surface area contributed by atoms with E-state index in [1.165, 1.54) is 30.4 Å². The Balaban J connectivity index is 2.93. The van der Waals surface area contributed by atoms with Gasteiger partial charge in [-0.25, -0.2) is 14.4 Å². The highest BCUT2D eigenvalue weighted by Crippen LogP contribution is 2.46. The smallest absolute Gasteiger partial charge is 0.337 e. The van der Waals surface area contributed by atoms with Crippen LogP contribution in [0.4, 0.5) is 11.4 Å². The molecule has 0 aliphatic heterocycles. The van der Waals surface area contributed by atoms with Gasteiger partial charge in [-0.3, -0.25) is 0 Å². The van der Waals surface area contributed by atoms with Crippen LogP contribution in [0.2, 0.25) is 15.1 Å². The SMILES string of the molecule is Cc1c(-c2cc(Cl)c(Cl)c(Cl)c2N=C=O)ccc(C(=O)O)c1N=C=O. The summed E-state index contributed by atoms with van der Waals surface area (Å²) in [6.07, 6.45) is 2.70. The van der Waals surface area contributed by atoms with Crippen molar-refractivity contribution >= 4 is 64.3 Å². The first-order valence-electron chi connectivity index (χ1n) is 6.54. The predicted octanol–water partition coefficient (Wildman–Crippen LogP) is 5.26. The van der Waals surface area contributed by atoms with E-state index in [9.17, 15) is 19.5 Å². The van der Waals surface area contributed by atoms with E-state index in [0.717, 1.165) is 0 Å². The average Bonchev–Trinajstić information content (AvgIpc) is 2.57. The van der Waals surface area contributed by atoms with Gasteiger partial charge >= 0.3 is 5.97 Å². The third-order valence-electron chi connectivity index (χ3n) is 3.40. The summed E-state index contributed by atoms with van der Waals surface area (Å²) in [6, 6.07) is 4.14. The van der Waals surface area contributed by atoms with Crippen molar-refractivity contribution in [2.45, 2.75) is 6.92 Å². The molecule has 0 saturated carbocycles. The van der Waals surface area contributed by atoms with Crippen molar-refractivity contribution < 1.29 is 19.5 Å². The number of benzene rings is 2. The minimum Gasteiger partial charge on any atom is -0.478 e. The number of isocyanates is 2. The first-order chi connectivity index (χ1) is 11.8. The van der Waals surface area contributed by atoms with Crippen molar-refractivity contribution in [2.24, 2.45) is 9.98 Å². The third kappa shape index (κ3) is 3.49. The van der Waals surface area contributed by atoms with E-state index < -0.39 is 5.97 Å². The van der Waals surface area contributed by atoms with Gasteiger partial charge in [0.1, 0.15) is 5.69 Å². The lowest BCUT2D eigenvalue weighted by Crippen LogP contribution is -1.99. The maximum Gasteiger partial charge on any atom is 0.337 e. The van der Waals surface area contributed by atoms with Crippen LogP contribution in [0.3, 0.4) is 0 Å². The van der Waals surface area contributed by atoms with E-state index >= 15 is 0 Å². The monoisotopic (exact) mass is 396 g/mol. The molecule has 0 fully saturated rings. The van der Waals surface area contributed by atoms with Crippen LogP contribution in [0, 0.1) is 6.92 Å². The zero-order valence-electron chi connectivity index (χ0n) is 12.4. The van der Waals surface area contributed by atoms with Gasteiger partial charge in [-0.15, -0.1) is 0 Å². The van der Waals surface area contributed by atoms with Crippen LogP contribution in [-0.2, 0) is 9.59 Å². The Morgan fingerprint density at radius 1 is 1.00 bits per heavy atom. The molecule has 2 aromatic carbocycles. The highest BCUT2D eigenvalue weighted by molar-refractivity contribution is 6.49. The maximum absolute atomic E-state index is 11.3. The van der Waals surface area contributed by atoms with Gasteiger partial charge in [0.25, 0.3) is 0 Å². The molecule has 0 aliphatic rings. The average molecular weight is 398 g/mol. The van der Waals surface area contributed by atoms with Crippen molar-refractivity contribution in [3.8, 4) is 11.1 Å². The summed E-state index contributed by atoms with van der Waals surface area (Å²) in [6.45, 7) is 1.54. The second-order valence-electron chi connectivity index (χ2n) is 4.73. The van der Waals surface area contributed by atoms with Crippen LogP contribution in [0.5, 0.6) is 0 Å². The summed E-state index contributed by atoms with van der Waals surface area (Å²) in [4.78, 5) is 39.7. The molecule has 25 heavy (non-hydrogen) atoms. The highest BCUT2D eigenvalue weighted by Gasteiger charge is 2.21. The third-order valence-corrected chi connectivity index (χ3v) is 4.66. The second kappa shape index (κ2) is 7.62. The number of rotatable bonds is 4. The number of nitrogens with zero attached hydrogens (tertiary/aromatic N) is 2. The molecule has 6 nitrogen and oxygen atoms in total. The van der Waals surface area contributed by atoms with Crippen LogP contribution in [-0.4, -0.2) is 23.2 Å². The van der Waals surface area contributed by atoms with Crippen LogP contribution in [0.15, 0.2) is 28.2 Å². The molecule has 0 amide bonds. The first kappa shape index (κ1) is 18.9. The standard InChI is InChI=1S/C16H7Cl3N2O4/c1-7-8(2-3-9(16(24)25)14(7)20-5-22)10-4-11(17)12(18)13(19)15(10)21-6-23/h2-4H,1H3,(H,24,25). The number of halogens is 3. The molecule has 1 N–H and O–H groups in total. The van der Waals surface area contributed by atoms with E-state index in [2.05, 4.69) is 9.98 Å². The van der Waals surface area contributed by atoms with Gasteiger partial charge in [0.15, 0.2) is 0 Å². The number of carboxylic acid groups (broad SMARTS) is 1. The highest BCUT2D eigenvalue weighted by atomic mass is 35.5. The van der Waals surface area contributed by atoms with E-state index in [1.807, 2.05) is 0 Å². The Morgan fingerprint density at radius 3 is 2.16 bits per heavy atom. The fraction of sp³-hybridized carbons (Fsp3) is 0.0625. The quantitative estimate of drug-likeness (QED) is 0.432. The number of carbonyl (C=O) groups excluding carboxylic acids is 2. The molecule has 0 aliphatic carbocycles. The van der Waals surface area contributed by atoms with Gasteiger partial charge in [0, 0.05) is 5.56 Å². The Bertz CT molecular complexity index is 992. The Labute approximate surface area is 156 Å². The molecule has 0 heterocycles. The van der Waals surface area contributed by atoms with Gasteiger partial charge in [-0.2, -0.15) is 9.98 Å². The number of carboxylic acids is 1. The van der Waals surface area contributed by atoms with Crippen LogP contribution >= 0.6 is 34.8 Å². The number of hydrogen-bond acceptors (Lipinski definition) is 5. The molecule has 0 bridgehead atoms. The van der Waals surface area contributed by atoms with Crippen LogP contribution in [0.25, 0.3) is 11.1 Å². The van der Waals surface area contributed by atoms with Crippen molar-refractivity contribution in [1.82, 2.24) is 0 Å². The van der Waals surface area contributed by atoms with Gasteiger partial charge in [-0.1, -0.05) is 40.9 Å². The number of aliphatic imine (C=N–C) groups is 2. The van der Waals surface area contributed by atoms with Gasteiger partial charge in [0.05, 0.1) is 26.3 Å². The molecule has 126 valence electrons. The first-order valence-corrected chi connectivity index (χ1v) is 7.67. The zero-order valence-corrected chi connectivity index (χ0v) is 14.7. The minimum atomic E-state index is -1.26. The number of carbonyl (C=O) groups is 1. The zero-order chi connectivity index (χ0) is 18.7. The lowest BCUT2D eigenvalue weighted by molar-refractivity contribution is 0.0698. The lowest BCUT2D eigenvalue weighted by Gasteiger charge is -2.14. The molecule has 0 radical (unpaired) electrons. The predicted molar refractivity (Wildman–Crippen MR) is 94.2 cm³/mol. The Hall–Kier alpha value is -2.46. The lowest BCUT2D eigenvalue weighted by atomic mass is 9.95. The summed E-state index contributed by atoms with van der Waals surface area (Å²) >= 11 is 18.1. The summed E-state index contributed by atoms with van der Waals surface area (Å²) in [5.41, 5.74) is 0.797. The molecular weight excluding hydrogens is 391 g/mol. The minimum absolute atomic E-state index is 0.00651.